The van der Waals surface area contributed by atoms with Crippen LogP contribution in [-0.2, 0) is 17.6 Å². The van der Waals surface area contributed by atoms with E-state index in [1.54, 1.807) is 0 Å². The van der Waals surface area contributed by atoms with Crippen LogP contribution in [0.3, 0.4) is 0 Å². The minimum Gasteiger partial charge on any atom is -0.362 e. The van der Waals surface area contributed by atoms with Gasteiger partial charge in [-0.25, -0.2) is 4.98 Å². The second-order valence-corrected chi connectivity index (χ2v) is 9.43. The fraction of sp³-hybridized carbons (Fsp3) is 0.783. The number of hydrogen-bond acceptors (Lipinski definition) is 5. The molecule has 29 heavy (non-hydrogen) atoms. The number of hydrogen-bond donors (Lipinski definition) is 2. The molecule has 3 aliphatic carbocycles. The first kappa shape index (κ1) is 20.4. The van der Waals surface area contributed by atoms with Crippen LogP contribution in [0.1, 0.15) is 81.9 Å². The number of nitrogens with zero attached hydrogens (tertiary/aromatic N) is 3. The second kappa shape index (κ2) is 9.31. The Morgan fingerprint density at radius 3 is 2.28 bits per heavy atom. The van der Waals surface area contributed by atoms with Gasteiger partial charge in [-0.15, -0.1) is 0 Å². The molecular weight excluding hydrogens is 362 g/mol. The normalized spacial score (nSPS) is 25.2. The van der Waals surface area contributed by atoms with E-state index in [1.165, 1.54) is 43.4 Å². The van der Waals surface area contributed by atoms with Crippen LogP contribution in [0, 0.1) is 5.92 Å². The molecule has 160 valence electrons. The van der Waals surface area contributed by atoms with E-state index in [2.05, 4.69) is 29.6 Å². The number of aromatic nitrogens is 2. The lowest BCUT2D eigenvalue weighted by molar-refractivity contribution is -0.126. The molecular formula is C23H37N5O. The number of fused-ring (bicyclic) bond motifs is 1. The summed E-state index contributed by atoms with van der Waals surface area (Å²) < 4.78 is 0. The first-order valence-corrected chi connectivity index (χ1v) is 11.7. The molecule has 1 aromatic heterocycles. The first-order chi connectivity index (χ1) is 14.1. The van der Waals surface area contributed by atoms with E-state index in [0.717, 1.165) is 63.1 Å². The van der Waals surface area contributed by atoms with E-state index in [9.17, 15) is 4.79 Å². The molecule has 2 fully saturated rings. The van der Waals surface area contributed by atoms with Crippen LogP contribution >= 0.6 is 0 Å². The standard InChI is InChI=1S/C23H37N5O/c1-28(2)21-19-10-6-7-11-20(19)26-23(27-21)25-18-14-12-17(13-15-18)24-22(29)16-8-4-3-5-9-16/h16-18H,3-15H2,1-2H3,(H,24,29)(H,25,26,27)/t17-,18+. The molecule has 0 unspecified atom stereocenters. The molecule has 0 aromatic carbocycles. The van der Waals surface area contributed by atoms with Crippen molar-refractivity contribution in [3.8, 4) is 0 Å². The molecule has 0 saturated heterocycles. The van der Waals surface area contributed by atoms with Crippen molar-refractivity contribution in [1.29, 1.82) is 0 Å². The molecule has 0 bridgehead atoms. The molecule has 0 aliphatic heterocycles. The summed E-state index contributed by atoms with van der Waals surface area (Å²) in [6.45, 7) is 0. The van der Waals surface area contributed by atoms with Crippen molar-refractivity contribution in [2.45, 2.75) is 95.6 Å². The van der Waals surface area contributed by atoms with Gasteiger partial charge in [0.2, 0.25) is 11.9 Å². The first-order valence-electron chi connectivity index (χ1n) is 11.7. The highest BCUT2D eigenvalue weighted by molar-refractivity contribution is 5.79. The molecule has 6 nitrogen and oxygen atoms in total. The van der Waals surface area contributed by atoms with Crippen LogP contribution in [0.4, 0.5) is 11.8 Å². The van der Waals surface area contributed by atoms with E-state index in [0.29, 0.717) is 18.0 Å². The molecule has 6 heteroatoms. The predicted molar refractivity (Wildman–Crippen MR) is 117 cm³/mol. The van der Waals surface area contributed by atoms with Crippen LogP contribution in [0.15, 0.2) is 0 Å². The Kier molecular flexibility index (Phi) is 6.56. The minimum absolute atomic E-state index is 0.257. The number of anilines is 2. The van der Waals surface area contributed by atoms with Gasteiger partial charge in [0.1, 0.15) is 5.82 Å². The molecule has 3 aliphatic rings. The Balaban J connectivity index is 1.31. The van der Waals surface area contributed by atoms with Crippen LogP contribution < -0.4 is 15.5 Å². The molecule has 1 aromatic rings. The summed E-state index contributed by atoms with van der Waals surface area (Å²) >= 11 is 0. The van der Waals surface area contributed by atoms with Crippen molar-refractivity contribution in [2.24, 2.45) is 5.92 Å². The fourth-order valence-corrected chi connectivity index (χ4v) is 5.26. The Morgan fingerprint density at radius 1 is 0.862 bits per heavy atom. The Morgan fingerprint density at radius 2 is 1.55 bits per heavy atom. The van der Waals surface area contributed by atoms with E-state index >= 15 is 0 Å². The molecule has 2 N–H and O–H groups in total. The topological polar surface area (TPSA) is 70.2 Å². The van der Waals surface area contributed by atoms with Gasteiger partial charge in [0, 0.05) is 37.7 Å². The van der Waals surface area contributed by atoms with Crippen LogP contribution in [0.2, 0.25) is 0 Å². The van der Waals surface area contributed by atoms with Gasteiger partial charge in [0.15, 0.2) is 0 Å². The van der Waals surface area contributed by atoms with Crippen LogP contribution in [0.5, 0.6) is 0 Å². The quantitative estimate of drug-likeness (QED) is 0.787. The molecule has 4 rings (SSSR count). The summed E-state index contributed by atoms with van der Waals surface area (Å²) in [5, 5.41) is 6.94. The van der Waals surface area contributed by atoms with Crippen molar-refractivity contribution in [3.05, 3.63) is 11.3 Å². The fourth-order valence-electron chi connectivity index (χ4n) is 5.26. The number of rotatable bonds is 5. The van der Waals surface area contributed by atoms with Gasteiger partial charge < -0.3 is 15.5 Å². The maximum atomic E-state index is 12.5. The Hall–Kier alpha value is -1.85. The van der Waals surface area contributed by atoms with Crippen molar-refractivity contribution in [2.75, 3.05) is 24.3 Å². The third-order valence-corrected chi connectivity index (χ3v) is 6.97. The second-order valence-electron chi connectivity index (χ2n) is 9.43. The number of carbonyl (C=O) groups is 1. The zero-order valence-electron chi connectivity index (χ0n) is 18.2. The number of amides is 1. The minimum atomic E-state index is 0.257. The van der Waals surface area contributed by atoms with Crippen molar-refractivity contribution in [3.63, 3.8) is 0 Å². The van der Waals surface area contributed by atoms with Gasteiger partial charge in [-0.1, -0.05) is 19.3 Å². The molecule has 1 heterocycles. The summed E-state index contributed by atoms with van der Waals surface area (Å²) in [4.78, 5) is 24.3. The summed E-state index contributed by atoms with van der Waals surface area (Å²) in [6.07, 6.45) is 14.7. The van der Waals surface area contributed by atoms with E-state index < -0.39 is 0 Å². The van der Waals surface area contributed by atoms with Crippen molar-refractivity contribution < 1.29 is 4.79 Å². The summed E-state index contributed by atoms with van der Waals surface area (Å²) in [6, 6.07) is 0.735. The summed E-state index contributed by atoms with van der Waals surface area (Å²) in [5.41, 5.74) is 2.56. The molecule has 0 atom stereocenters. The van der Waals surface area contributed by atoms with Gasteiger partial charge in [-0.3, -0.25) is 4.79 Å². The maximum absolute atomic E-state index is 12.5. The highest BCUT2D eigenvalue weighted by atomic mass is 16.1. The Labute approximate surface area is 175 Å². The monoisotopic (exact) mass is 399 g/mol. The third-order valence-electron chi connectivity index (χ3n) is 6.97. The largest absolute Gasteiger partial charge is 0.362 e. The Bertz CT molecular complexity index is 705. The van der Waals surface area contributed by atoms with Crippen molar-refractivity contribution in [1.82, 2.24) is 15.3 Å². The highest BCUT2D eigenvalue weighted by Gasteiger charge is 2.27. The lowest BCUT2D eigenvalue weighted by Crippen LogP contribution is -2.43. The highest BCUT2D eigenvalue weighted by Crippen LogP contribution is 2.30. The average Bonchev–Trinajstić information content (AvgIpc) is 2.75. The van der Waals surface area contributed by atoms with Gasteiger partial charge in [0.05, 0.1) is 5.69 Å². The SMILES string of the molecule is CN(C)c1nc(N[C@H]2CC[C@@H](NC(=O)C3CCCCC3)CC2)nc2c1CCCC2. The van der Waals surface area contributed by atoms with E-state index in [-0.39, 0.29) is 5.92 Å². The van der Waals surface area contributed by atoms with Crippen LogP contribution in [-0.4, -0.2) is 42.1 Å². The lowest BCUT2D eigenvalue weighted by Gasteiger charge is -2.32. The molecule has 0 spiro atoms. The lowest BCUT2D eigenvalue weighted by atomic mass is 9.87. The third kappa shape index (κ3) is 5.01. The average molecular weight is 400 g/mol. The molecule has 0 radical (unpaired) electrons. The molecule has 2 saturated carbocycles. The van der Waals surface area contributed by atoms with Gasteiger partial charge in [-0.2, -0.15) is 4.98 Å². The smallest absolute Gasteiger partial charge is 0.225 e. The predicted octanol–water partition coefficient (Wildman–Crippen LogP) is 3.84. The van der Waals surface area contributed by atoms with Gasteiger partial charge in [-0.05, 0) is 64.2 Å². The number of carbonyl (C=O) groups excluding carboxylic acids is 1. The zero-order chi connectivity index (χ0) is 20.2. The van der Waals surface area contributed by atoms with E-state index in [1.807, 2.05) is 0 Å². The van der Waals surface area contributed by atoms with Crippen molar-refractivity contribution >= 4 is 17.7 Å². The van der Waals surface area contributed by atoms with Gasteiger partial charge in [0.25, 0.3) is 0 Å². The number of aryl methyl sites for hydroxylation is 1. The van der Waals surface area contributed by atoms with Gasteiger partial charge >= 0.3 is 0 Å². The summed E-state index contributed by atoms with van der Waals surface area (Å²) in [5.74, 6) is 2.41. The van der Waals surface area contributed by atoms with Crippen LogP contribution in [0.25, 0.3) is 0 Å². The van der Waals surface area contributed by atoms with E-state index in [4.69, 9.17) is 9.97 Å². The summed E-state index contributed by atoms with van der Waals surface area (Å²) in [7, 11) is 4.14. The zero-order valence-corrected chi connectivity index (χ0v) is 18.2. The molecule has 1 amide bonds. The maximum Gasteiger partial charge on any atom is 0.225 e. The number of nitrogens with one attached hydrogen (secondary N) is 2.